The number of aliphatic hydroxyl groups is 1. The van der Waals surface area contributed by atoms with Crippen LogP contribution in [0.25, 0.3) is 0 Å². The molecule has 4 atom stereocenters. The molecule has 6 nitrogen and oxygen atoms in total. The third-order valence-electron chi connectivity index (χ3n) is 4.95. The third kappa shape index (κ3) is 3.58. The molecule has 0 spiro atoms. The molecule has 2 rings (SSSR count). The van der Waals surface area contributed by atoms with Crippen molar-refractivity contribution in [2.24, 2.45) is 11.8 Å². The molecule has 0 radical (unpaired) electrons. The summed E-state index contributed by atoms with van der Waals surface area (Å²) in [7, 11) is 2.42. The summed E-state index contributed by atoms with van der Waals surface area (Å²) in [6, 6.07) is 7.33. The molecule has 1 aromatic carbocycles. The maximum Gasteiger partial charge on any atom is 0.316 e. The fourth-order valence-electron chi connectivity index (χ4n) is 3.65. The highest BCUT2D eigenvalue weighted by Crippen LogP contribution is 2.46. The fraction of sp³-hybridized carbons (Fsp3) is 0.526. The lowest BCUT2D eigenvalue weighted by Crippen LogP contribution is -2.55. The Balaban J connectivity index is 2.61. The summed E-state index contributed by atoms with van der Waals surface area (Å²) in [6.45, 7) is 3.44. The molecule has 6 heteroatoms. The van der Waals surface area contributed by atoms with Gasteiger partial charge in [0.2, 0.25) is 0 Å². The number of ketones is 1. The molecule has 0 aliphatic heterocycles. The zero-order valence-electron chi connectivity index (χ0n) is 14.9. The third-order valence-corrected chi connectivity index (χ3v) is 4.95. The summed E-state index contributed by atoms with van der Waals surface area (Å²) in [5.41, 5.74) is 0.0983. The van der Waals surface area contributed by atoms with Gasteiger partial charge in [-0.25, -0.2) is 0 Å². The first-order valence-electron chi connectivity index (χ1n) is 8.26. The topological polar surface area (TPSA) is 89.9 Å². The molecular formula is C19H24O6. The maximum absolute atomic E-state index is 12.6. The molecule has 1 saturated carbocycles. The number of ether oxygens (including phenoxy) is 2. The average molecular weight is 348 g/mol. The number of hydrogen-bond donors (Lipinski definition) is 1. The van der Waals surface area contributed by atoms with Crippen molar-refractivity contribution in [3.63, 3.8) is 0 Å². The molecule has 25 heavy (non-hydrogen) atoms. The molecule has 1 aromatic rings. The number of carbonyl (C=O) groups excluding carboxylic acids is 3. The van der Waals surface area contributed by atoms with Crippen molar-refractivity contribution in [3.8, 4) is 0 Å². The van der Waals surface area contributed by atoms with Gasteiger partial charge in [-0.3, -0.25) is 14.4 Å². The lowest BCUT2D eigenvalue weighted by atomic mass is 9.61. The summed E-state index contributed by atoms with van der Waals surface area (Å²) in [6.07, 6.45) is 0.526. The molecule has 1 fully saturated rings. The van der Waals surface area contributed by atoms with E-state index >= 15 is 0 Å². The van der Waals surface area contributed by atoms with E-state index in [0.717, 1.165) is 12.0 Å². The molecule has 0 amide bonds. The van der Waals surface area contributed by atoms with Crippen molar-refractivity contribution in [3.05, 3.63) is 35.4 Å². The Labute approximate surface area is 147 Å². The van der Waals surface area contributed by atoms with Gasteiger partial charge >= 0.3 is 11.9 Å². The molecule has 1 aliphatic rings. The van der Waals surface area contributed by atoms with Crippen LogP contribution >= 0.6 is 0 Å². The molecule has 136 valence electrons. The van der Waals surface area contributed by atoms with Gasteiger partial charge in [-0.05, 0) is 24.5 Å². The summed E-state index contributed by atoms with van der Waals surface area (Å²) >= 11 is 0. The highest BCUT2D eigenvalue weighted by Gasteiger charge is 2.56. The van der Waals surface area contributed by atoms with Crippen LogP contribution in [0.15, 0.2) is 24.3 Å². The fourth-order valence-corrected chi connectivity index (χ4v) is 3.65. The van der Waals surface area contributed by atoms with Gasteiger partial charge in [0.25, 0.3) is 0 Å². The van der Waals surface area contributed by atoms with E-state index < -0.39 is 41.1 Å². The molecule has 0 bridgehead atoms. The van der Waals surface area contributed by atoms with E-state index in [-0.39, 0.29) is 6.42 Å². The number of esters is 2. The van der Waals surface area contributed by atoms with Crippen LogP contribution in [0.3, 0.4) is 0 Å². The van der Waals surface area contributed by atoms with Crippen molar-refractivity contribution >= 4 is 17.7 Å². The number of Topliss-reactive ketones (excluding diaryl/α,β-unsaturated/α-hetero) is 1. The van der Waals surface area contributed by atoms with E-state index in [0.29, 0.717) is 5.56 Å². The van der Waals surface area contributed by atoms with Gasteiger partial charge in [0.05, 0.1) is 25.7 Å². The van der Waals surface area contributed by atoms with Crippen LogP contribution in [-0.2, 0) is 30.3 Å². The molecule has 0 unspecified atom stereocenters. The summed E-state index contributed by atoms with van der Waals surface area (Å²) in [5, 5.41) is 10.7. The average Bonchev–Trinajstić information content (AvgIpc) is 2.59. The Morgan fingerprint density at radius 2 is 1.72 bits per heavy atom. The minimum Gasteiger partial charge on any atom is -0.469 e. The monoisotopic (exact) mass is 348 g/mol. The minimum absolute atomic E-state index is 0.309. The number of methoxy groups -OCH3 is 2. The maximum atomic E-state index is 12.6. The van der Waals surface area contributed by atoms with Gasteiger partial charge in [-0.15, -0.1) is 0 Å². The second kappa shape index (κ2) is 7.35. The van der Waals surface area contributed by atoms with E-state index in [1.807, 2.05) is 19.1 Å². The SMILES string of the molecule is CCc1ccc([C@@H]2[C@H](C(=O)OC)C(=O)C[C@@](C)(O)[C@H]2C(=O)OC)cc1. The van der Waals surface area contributed by atoms with Gasteiger partial charge in [-0.2, -0.15) is 0 Å². The Kier molecular flexibility index (Phi) is 5.62. The van der Waals surface area contributed by atoms with Gasteiger partial charge in [0.15, 0.2) is 5.78 Å². The number of hydrogen-bond acceptors (Lipinski definition) is 6. The highest BCUT2D eigenvalue weighted by molar-refractivity contribution is 6.02. The number of aryl methyl sites for hydroxylation is 1. The van der Waals surface area contributed by atoms with Crippen LogP contribution in [0.4, 0.5) is 0 Å². The predicted molar refractivity (Wildman–Crippen MR) is 89.8 cm³/mol. The van der Waals surface area contributed by atoms with Gasteiger partial charge < -0.3 is 14.6 Å². The van der Waals surface area contributed by atoms with Crippen molar-refractivity contribution in [1.29, 1.82) is 0 Å². The van der Waals surface area contributed by atoms with E-state index in [9.17, 15) is 19.5 Å². The van der Waals surface area contributed by atoms with Crippen LogP contribution in [0.5, 0.6) is 0 Å². The first-order chi connectivity index (χ1) is 11.8. The largest absolute Gasteiger partial charge is 0.469 e. The molecule has 0 heterocycles. The molecule has 0 saturated heterocycles. The Bertz CT molecular complexity index is 661. The quantitative estimate of drug-likeness (QED) is 0.657. The lowest BCUT2D eigenvalue weighted by molar-refractivity contribution is -0.170. The van der Waals surface area contributed by atoms with Crippen LogP contribution < -0.4 is 0 Å². The smallest absolute Gasteiger partial charge is 0.316 e. The Morgan fingerprint density at radius 3 is 2.20 bits per heavy atom. The number of rotatable bonds is 4. The van der Waals surface area contributed by atoms with Gasteiger partial charge in [-0.1, -0.05) is 31.2 Å². The second-order valence-electron chi connectivity index (χ2n) is 6.62. The van der Waals surface area contributed by atoms with E-state index in [1.54, 1.807) is 12.1 Å². The van der Waals surface area contributed by atoms with Crippen molar-refractivity contribution < 1.29 is 29.0 Å². The Hall–Kier alpha value is -2.21. The number of carbonyl (C=O) groups is 3. The van der Waals surface area contributed by atoms with E-state index in [2.05, 4.69) is 0 Å². The molecule has 1 aliphatic carbocycles. The first kappa shape index (κ1) is 19.1. The van der Waals surface area contributed by atoms with Crippen LogP contribution in [-0.4, -0.2) is 42.6 Å². The summed E-state index contributed by atoms with van der Waals surface area (Å²) < 4.78 is 9.65. The van der Waals surface area contributed by atoms with Gasteiger partial charge in [0, 0.05) is 12.3 Å². The molecule has 1 N–H and O–H groups in total. The van der Waals surface area contributed by atoms with E-state index in [4.69, 9.17) is 9.47 Å². The predicted octanol–water partition coefficient (Wildman–Crippen LogP) is 1.63. The zero-order valence-corrected chi connectivity index (χ0v) is 14.9. The van der Waals surface area contributed by atoms with E-state index in [1.165, 1.54) is 21.1 Å². The van der Waals surface area contributed by atoms with Crippen molar-refractivity contribution in [2.45, 2.75) is 38.2 Å². The standard InChI is InChI=1S/C19H24O6/c1-5-11-6-8-12(9-7-11)14-15(17(21)24-3)13(20)10-19(2,23)16(14)18(22)25-4/h6-9,14-16,23H,5,10H2,1-4H3/t14-,15-,16-,19-/m1/s1. The van der Waals surface area contributed by atoms with Gasteiger partial charge in [0.1, 0.15) is 5.92 Å². The molecule has 0 aromatic heterocycles. The summed E-state index contributed by atoms with van der Waals surface area (Å²) in [4.78, 5) is 37.2. The zero-order chi connectivity index (χ0) is 18.8. The first-order valence-corrected chi connectivity index (χ1v) is 8.26. The van der Waals surface area contributed by atoms with Crippen molar-refractivity contribution in [1.82, 2.24) is 0 Å². The molecular weight excluding hydrogens is 324 g/mol. The number of benzene rings is 1. The lowest BCUT2D eigenvalue weighted by Gasteiger charge is -2.43. The second-order valence-corrected chi connectivity index (χ2v) is 6.62. The van der Waals surface area contributed by atoms with Crippen LogP contribution in [0.2, 0.25) is 0 Å². The van der Waals surface area contributed by atoms with Crippen molar-refractivity contribution in [2.75, 3.05) is 14.2 Å². The summed E-state index contributed by atoms with van der Waals surface area (Å²) in [5.74, 6) is -4.85. The minimum atomic E-state index is -1.61. The van der Waals surface area contributed by atoms with Crippen LogP contribution in [0.1, 0.15) is 37.3 Å². The Morgan fingerprint density at radius 1 is 1.16 bits per heavy atom. The normalized spacial score (nSPS) is 29.2. The van der Waals surface area contributed by atoms with Crippen LogP contribution in [0, 0.1) is 11.8 Å². The highest BCUT2D eigenvalue weighted by atomic mass is 16.5.